The normalized spacial score (nSPS) is 22.8. The Balaban J connectivity index is 1.68. The molecule has 2 fully saturated rings. The largest absolute Gasteiger partial charge is 0.375 e. The molecule has 0 amide bonds. The molecule has 5 heteroatoms. The lowest BCUT2D eigenvalue weighted by Crippen LogP contribution is -2.44. The maximum Gasteiger partial charge on any atom is 0.258 e. The van der Waals surface area contributed by atoms with Crippen LogP contribution in [0, 0.1) is 0 Å². The van der Waals surface area contributed by atoms with Gasteiger partial charge < -0.3 is 4.74 Å². The van der Waals surface area contributed by atoms with Crippen molar-refractivity contribution in [2.24, 2.45) is 0 Å². The van der Waals surface area contributed by atoms with Crippen molar-refractivity contribution >= 4 is 11.8 Å². The van der Waals surface area contributed by atoms with Gasteiger partial charge in [-0.3, -0.25) is 9.36 Å². The number of hydrogen-bond donors (Lipinski definition) is 0. The first-order valence-electron chi connectivity index (χ1n) is 13.0. The van der Waals surface area contributed by atoms with Crippen molar-refractivity contribution in [3.63, 3.8) is 0 Å². The predicted molar refractivity (Wildman–Crippen MR) is 136 cm³/mol. The molecule has 0 bridgehead atoms. The second-order valence-electron chi connectivity index (χ2n) is 10.9. The summed E-state index contributed by atoms with van der Waals surface area (Å²) in [4.78, 5) is 19.8. The number of thioether (sulfide) groups is 1. The van der Waals surface area contributed by atoms with Gasteiger partial charge in [0.25, 0.3) is 5.56 Å². The summed E-state index contributed by atoms with van der Waals surface area (Å²) in [7, 11) is 0. The molecule has 2 aliphatic carbocycles. The molecule has 1 saturated heterocycles. The van der Waals surface area contributed by atoms with Crippen molar-refractivity contribution in [3.8, 4) is 11.3 Å². The van der Waals surface area contributed by atoms with Crippen molar-refractivity contribution in [3.05, 3.63) is 45.7 Å². The van der Waals surface area contributed by atoms with Crippen LogP contribution < -0.4 is 5.56 Å². The summed E-state index contributed by atoms with van der Waals surface area (Å²) in [5.74, 6) is 1.01. The molecule has 33 heavy (non-hydrogen) atoms. The average molecular weight is 467 g/mol. The fourth-order valence-corrected chi connectivity index (χ4v) is 7.44. The van der Waals surface area contributed by atoms with Gasteiger partial charge in [-0.05, 0) is 57.9 Å². The zero-order chi connectivity index (χ0) is 23.1. The molecule has 2 aromatic rings. The van der Waals surface area contributed by atoms with Crippen molar-refractivity contribution < 1.29 is 4.74 Å². The molecule has 1 aromatic carbocycles. The number of nitrogens with zero attached hydrogens (tertiary/aromatic N) is 2. The van der Waals surface area contributed by atoms with Crippen LogP contribution >= 0.6 is 11.8 Å². The van der Waals surface area contributed by atoms with Gasteiger partial charge in [0.1, 0.15) is 0 Å². The van der Waals surface area contributed by atoms with E-state index in [0.29, 0.717) is 6.61 Å². The molecule has 1 aromatic heterocycles. The van der Waals surface area contributed by atoms with Crippen LogP contribution in [0.5, 0.6) is 0 Å². The average Bonchev–Trinajstić information content (AvgIpc) is 3.24. The van der Waals surface area contributed by atoms with E-state index < -0.39 is 0 Å². The maximum atomic E-state index is 14.5. The molecule has 5 rings (SSSR count). The van der Waals surface area contributed by atoms with Crippen LogP contribution in [0.3, 0.4) is 0 Å². The Bertz CT molecular complexity index is 1070. The van der Waals surface area contributed by atoms with Crippen molar-refractivity contribution in [2.45, 2.75) is 107 Å². The molecule has 4 nitrogen and oxygen atoms in total. The van der Waals surface area contributed by atoms with E-state index in [1.165, 1.54) is 36.8 Å². The van der Waals surface area contributed by atoms with Gasteiger partial charge in [-0.15, -0.1) is 0 Å². The van der Waals surface area contributed by atoms with Crippen molar-refractivity contribution in [1.82, 2.24) is 9.55 Å². The lowest BCUT2D eigenvalue weighted by Gasteiger charge is -2.40. The van der Waals surface area contributed by atoms with E-state index in [4.69, 9.17) is 9.72 Å². The van der Waals surface area contributed by atoms with Gasteiger partial charge in [-0.25, -0.2) is 4.98 Å². The molecule has 1 saturated carbocycles. The number of hydrogen-bond acceptors (Lipinski definition) is 4. The highest BCUT2D eigenvalue weighted by molar-refractivity contribution is 7.99. The van der Waals surface area contributed by atoms with Crippen LogP contribution in [0.1, 0.15) is 95.7 Å². The second kappa shape index (κ2) is 9.22. The Labute approximate surface area is 202 Å². The number of ether oxygens (including phenoxy) is 1. The van der Waals surface area contributed by atoms with Crippen molar-refractivity contribution in [1.29, 1.82) is 0 Å². The van der Waals surface area contributed by atoms with E-state index >= 15 is 0 Å². The minimum atomic E-state index is -0.208. The highest BCUT2D eigenvalue weighted by Gasteiger charge is 2.45. The Morgan fingerprint density at radius 2 is 1.97 bits per heavy atom. The van der Waals surface area contributed by atoms with Gasteiger partial charge in [0.2, 0.25) is 0 Å². The summed E-state index contributed by atoms with van der Waals surface area (Å²) in [6.45, 7) is 7.24. The molecular weight excluding hydrogens is 428 g/mol. The minimum absolute atomic E-state index is 0.0401. The molecule has 1 unspecified atom stereocenters. The standard InChI is InChI=1S/C28H38N2O2S/c1-4-5-10-17-33-26-29-24-22-12-7-6-11-20(22)18-28(14-8-9-15-28)23(24)25(31)30(26)21-13-16-32-27(2,3)19-21/h6-7,11-12,21H,4-5,8-10,13-19H2,1-3H3. The SMILES string of the molecule is CCCCCSc1nc2c(c(=O)n1C1CCOC(C)(C)C1)C1(CCCC1)Cc1ccccc1-2. The maximum absolute atomic E-state index is 14.5. The minimum Gasteiger partial charge on any atom is -0.375 e. The van der Waals surface area contributed by atoms with Gasteiger partial charge >= 0.3 is 0 Å². The van der Waals surface area contributed by atoms with E-state index in [2.05, 4.69) is 49.6 Å². The fourth-order valence-electron chi connectivity index (χ4n) is 6.38. The molecule has 3 aliphatic rings. The number of fused-ring (bicyclic) bond motifs is 4. The Hall–Kier alpha value is -1.59. The van der Waals surface area contributed by atoms with Crippen molar-refractivity contribution in [2.75, 3.05) is 12.4 Å². The lowest BCUT2D eigenvalue weighted by molar-refractivity contribution is -0.0710. The van der Waals surface area contributed by atoms with E-state index in [1.807, 2.05) is 0 Å². The van der Waals surface area contributed by atoms with E-state index in [0.717, 1.165) is 60.7 Å². The molecule has 1 aliphatic heterocycles. The third-order valence-corrected chi connectivity index (χ3v) is 9.03. The van der Waals surface area contributed by atoms with Crippen LogP contribution in [0.15, 0.2) is 34.2 Å². The first-order chi connectivity index (χ1) is 15.9. The highest BCUT2D eigenvalue weighted by atomic mass is 32.2. The van der Waals surface area contributed by atoms with Crippen LogP contribution in [-0.4, -0.2) is 27.5 Å². The van der Waals surface area contributed by atoms with E-state index in [9.17, 15) is 4.79 Å². The Kier molecular flexibility index (Phi) is 6.47. The molecule has 0 N–H and O–H groups in total. The highest BCUT2D eigenvalue weighted by Crippen LogP contribution is 2.50. The molecule has 0 radical (unpaired) electrons. The summed E-state index contributed by atoms with van der Waals surface area (Å²) in [5, 5.41) is 0.919. The van der Waals surface area contributed by atoms with Gasteiger partial charge in [0.15, 0.2) is 5.16 Å². The monoisotopic (exact) mass is 466 g/mol. The first kappa shape index (κ1) is 23.2. The Morgan fingerprint density at radius 3 is 2.73 bits per heavy atom. The molecule has 178 valence electrons. The first-order valence-corrected chi connectivity index (χ1v) is 13.9. The third kappa shape index (κ3) is 4.32. The quantitative estimate of drug-likeness (QED) is 0.270. The Morgan fingerprint density at radius 1 is 1.18 bits per heavy atom. The topological polar surface area (TPSA) is 44.1 Å². The number of unbranched alkanes of at least 4 members (excludes halogenated alkanes) is 2. The molecule has 1 spiro atoms. The molecule has 1 atom stereocenters. The smallest absolute Gasteiger partial charge is 0.258 e. The van der Waals surface area contributed by atoms with Crippen LogP contribution in [0.4, 0.5) is 0 Å². The zero-order valence-electron chi connectivity index (χ0n) is 20.5. The molecular formula is C28H38N2O2S. The summed E-state index contributed by atoms with van der Waals surface area (Å²) in [5.41, 5.74) is 4.52. The van der Waals surface area contributed by atoms with Gasteiger partial charge in [0.05, 0.1) is 16.9 Å². The van der Waals surface area contributed by atoms with E-state index in [-0.39, 0.29) is 22.6 Å². The predicted octanol–water partition coefficient (Wildman–Crippen LogP) is 6.69. The fraction of sp³-hybridized carbons (Fsp3) is 0.643. The van der Waals surface area contributed by atoms with Crippen LogP contribution in [0.25, 0.3) is 11.3 Å². The van der Waals surface area contributed by atoms with Gasteiger partial charge in [0, 0.05) is 29.4 Å². The number of aromatic nitrogens is 2. The number of benzene rings is 1. The zero-order valence-corrected chi connectivity index (χ0v) is 21.3. The van der Waals surface area contributed by atoms with E-state index in [1.54, 1.807) is 11.8 Å². The van der Waals surface area contributed by atoms with Crippen LogP contribution in [-0.2, 0) is 16.6 Å². The summed E-state index contributed by atoms with van der Waals surface area (Å²) < 4.78 is 8.12. The second-order valence-corrected chi connectivity index (χ2v) is 12.0. The lowest BCUT2D eigenvalue weighted by atomic mass is 9.68. The van der Waals surface area contributed by atoms with Gasteiger partial charge in [-0.2, -0.15) is 0 Å². The van der Waals surface area contributed by atoms with Crippen LogP contribution in [0.2, 0.25) is 0 Å². The molecule has 2 heterocycles. The van der Waals surface area contributed by atoms with Gasteiger partial charge in [-0.1, -0.05) is 68.6 Å². The number of rotatable bonds is 6. The summed E-state index contributed by atoms with van der Waals surface area (Å²) >= 11 is 1.78. The summed E-state index contributed by atoms with van der Waals surface area (Å²) in [6.07, 6.45) is 10.9. The third-order valence-electron chi connectivity index (χ3n) is 7.99. The summed E-state index contributed by atoms with van der Waals surface area (Å²) in [6, 6.07) is 8.81.